The zero-order valence-electron chi connectivity index (χ0n) is 11.5. The molecule has 1 heterocycles. The number of hydrogen-bond acceptors (Lipinski definition) is 6. The van der Waals surface area contributed by atoms with Gasteiger partial charge in [-0.1, -0.05) is 35.9 Å². The first-order chi connectivity index (χ1) is 10.9. The fraction of sp³-hybridized carbons (Fsp3) is 0.0714. The van der Waals surface area contributed by atoms with Gasteiger partial charge in [-0.3, -0.25) is 4.55 Å². The van der Waals surface area contributed by atoms with Crippen molar-refractivity contribution in [1.29, 1.82) is 0 Å². The maximum absolute atomic E-state index is 11.5. The highest BCUT2D eigenvalue weighted by Gasteiger charge is 2.19. The summed E-state index contributed by atoms with van der Waals surface area (Å²) in [4.78, 5) is 4.45. The van der Waals surface area contributed by atoms with Crippen LogP contribution in [0, 0.1) is 0 Å². The average molecular weight is 371 g/mol. The van der Waals surface area contributed by atoms with Crippen LogP contribution in [0.4, 0.5) is 5.69 Å². The molecular formula is C14H11ClN2O4S2. The van der Waals surface area contributed by atoms with Crippen molar-refractivity contribution >= 4 is 49.5 Å². The van der Waals surface area contributed by atoms with Crippen LogP contribution in [0.15, 0.2) is 41.4 Å². The molecule has 0 radical (unpaired) electrons. The van der Waals surface area contributed by atoms with E-state index in [-0.39, 0.29) is 10.6 Å². The summed E-state index contributed by atoms with van der Waals surface area (Å²) < 4.78 is 32.7. The molecule has 0 aliphatic heterocycles. The minimum atomic E-state index is -4.45. The van der Waals surface area contributed by atoms with Crippen molar-refractivity contribution in [1.82, 2.24) is 4.98 Å². The molecule has 0 amide bonds. The molecule has 2 aromatic carbocycles. The largest absolute Gasteiger partial charge is 0.506 e. The van der Waals surface area contributed by atoms with Crippen molar-refractivity contribution in [3.8, 4) is 5.75 Å². The van der Waals surface area contributed by atoms with Gasteiger partial charge in [0.15, 0.2) is 4.47 Å². The number of aromatic hydroxyl groups is 1. The van der Waals surface area contributed by atoms with E-state index >= 15 is 0 Å². The van der Waals surface area contributed by atoms with Crippen LogP contribution < -0.4 is 5.32 Å². The summed E-state index contributed by atoms with van der Waals surface area (Å²) in [6.45, 7) is 0.368. The molecule has 3 rings (SSSR count). The Morgan fingerprint density at radius 1 is 1.26 bits per heavy atom. The molecule has 3 N–H and O–H groups in total. The summed E-state index contributed by atoms with van der Waals surface area (Å²) in [5.74, 6) is -0.271. The molecule has 0 aliphatic carbocycles. The summed E-state index contributed by atoms with van der Waals surface area (Å²) in [7, 11) is -4.45. The Hall–Kier alpha value is -1.87. The third-order valence-corrected chi connectivity index (χ3v) is 5.24. The molecule has 0 fully saturated rings. The quantitative estimate of drug-likeness (QED) is 0.480. The maximum atomic E-state index is 11.5. The van der Waals surface area contributed by atoms with Crippen LogP contribution in [-0.4, -0.2) is 23.1 Å². The Morgan fingerprint density at radius 3 is 2.57 bits per heavy atom. The number of benzene rings is 2. The summed E-state index contributed by atoms with van der Waals surface area (Å²) in [5, 5.41) is 14.0. The minimum Gasteiger partial charge on any atom is -0.506 e. The number of phenolic OH excluding ortho intramolecular Hbond substituents is 1. The van der Waals surface area contributed by atoms with Gasteiger partial charge in [-0.15, -0.1) is 11.3 Å². The Balaban J connectivity index is 2.09. The van der Waals surface area contributed by atoms with Crippen molar-refractivity contribution in [2.75, 3.05) is 5.32 Å². The molecule has 120 valence electrons. The molecule has 23 heavy (non-hydrogen) atoms. The summed E-state index contributed by atoms with van der Waals surface area (Å²) in [6.07, 6.45) is 1.62. The molecule has 3 aromatic rings. The van der Waals surface area contributed by atoms with Crippen LogP contribution in [0.25, 0.3) is 10.8 Å². The van der Waals surface area contributed by atoms with Crippen molar-refractivity contribution < 1.29 is 18.1 Å². The molecule has 0 saturated heterocycles. The second-order valence-corrected chi connectivity index (χ2v) is 7.81. The van der Waals surface area contributed by atoms with E-state index in [2.05, 4.69) is 10.3 Å². The van der Waals surface area contributed by atoms with E-state index in [4.69, 9.17) is 11.6 Å². The van der Waals surface area contributed by atoms with E-state index in [9.17, 15) is 18.1 Å². The first-order valence-corrected chi connectivity index (χ1v) is 9.06. The number of thiazole rings is 1. The number of anilines is 1. The van der Waals surface area contributed by atoms with Gasteiger partial charge >= 0.3 is 0 Å². The number of hydrogen-bond donors (Lipinski definition) is 3. The predicted octanol–water partition coefficient (Wildman–Crippen LogP) is 3.51. The SMILES string of the molecule is O=S(=O)(O)c1cc(O)c(NCc2cnc(Cl)s2)c2ccccc12. The number of fused-ring (bicyclic) bond motifs is 1. The van der Waals surface area contributed by atoms with Gasteiger partial charge in [0, 0.05) is 27.9 Å². The first-order valence-electron chi connectivity index (χ1n) is 6.42. The highest BCUT2D eigenvalue weighted by molar-refractivity contribution is 7.86. The lowest BCUT2D eigenvalue weighted by atomic mass is 10.1. The Labute approximate surface area is 141 Å². The average Bonchev–Trinajstić information content (AvgIpc) is 2.90. The van der Waals surface area contributed by atoms with Crippen LogP contribution in [-0.2, 0) is 16.7 Å². The standard InChI is InChI=1S/C14H11ClN2O4S2/c15-14-17-7-8(22-14)6-16-13-10-4-2-1-3-9(10)12(5-11(13)18)23(19,20)21/h1-5,7,16,18H,6H2,(H,19,20,21). The summed E-state index contributed by atoms with van der Waals surface area (Å²) in [6, 6.07) is 7.61. The molecule has 0 aliphatic rings. The maximum Gasteiger partial charge on any atom is 0.295 e. The van der Waals surface area contributed by atoms with E-state index in [1.165, 1.54) is 11.3 Å². The smallest absolute Gasteiger partial charge is 0.295 e. The third kappa shape index (κ3) is 3.25. The Kier molecular flexibility index (Phi) is 4.15. The first kappa shape index (κ1) is 16.0. The molecule has 0 unspecified atom stereocenters. The number of rotatable bonds is 4. The third-order valence-electron chi connectivity index (χ3n) is 3.23. The van der Waals surface area contributed by atoms with Gasteiger partial charge in [-0.25, -0.2) is 4.98 Å². The second kappa shape index (κ2) is 5.97. The highest BCUT2D eigenvalue weighted by Crippen LogP contribution is 2.37. The van der Waals surface area contributed by atoms with Crippen LogP contribution in [0.2, 0.25) is 4.47 Å². The van der Waals surface area contributed by atoms with Crippen LogP contribution in [0.5, 0.6) is 5.75 Å². The molecular weight excluding hydrogens is 360 g/mol. The fourth-order valence-corrected chi connectivity index (χ4v) is 3.90. The number of nitrogens with zero attached hydrogens (tertiary/aromatic N) is 1. The van der Waals surface area contributed by atoms with Gasteiger partial charge in [0.25, 0.3) is 10.1 Å². The number of halogens is 1. The normalized spacial score (nSPS) is 11.7. The van der Waals surface area contributed by atoms with Crippen molar-refractivity contribution in [3.63, 3.8) is 0 Å². The van der Waals surface area contributed by atoms with Crippen LogP contribution >= 0.6 is 22.9 Å². The van der Waals surface area contributed by atoms with Gasteiger partial charge < -0.3 is 10.4 Å². The van der Waals surface area contributed by atoms with E-state index in [0.717, 1.165) is 10.9 Å². The number of phenols is 1. The molecule has 0 bridgehead atoms. The zero-order valence-corrected chi connectivity index (χ0v) is 13.9. The van der Waals surface area contributed by atoms with E-state index in [1.54, 1.807) is 30.5 Å². The van der Waals surface area contributed by atoms with Gasteiger partial charge in [0.2, 0.25) is 0 Å². The van der Waals surface area contributed by atoms with E-state index in [0.29, 0.717) is 27.5 Å². The van der Waals surface area contributed by atoms with Gasteiger partial charge in [0.05, 0.1) is 12.2 Å². The monoisotopic (exact) mass is 370 g/mol. The minimum absolute atomic E-state index is 0.271. The summed E-state index contributed by atoms with van der Waals surface area (Å²) >= 11 is 7.08. The molecule has 1 aromatic heterocycles. The fourth-order valence-electron chi connectivity index (χ4n) is 2.27. The Morgan fingerprint density at radius 2 is 1.96 bits per heavy atom. The van der Waals surface area contributed by atoms with E-state index < -0.39 is 10.1 Å². The lowest BCUT2D eigenvalue weighted by Gasteiger charge is -2.13. The van der Waals surface area contributed by atoms with Gasteiger partial charge in [-0.2, -0.15) is 8.42 Å². The summed E-state index contributed by atoms with van der Waals surface area (Å²) in [5.41, 5.74) is 0.373. The highest BCUT2D eigenvalue weighted by atomic mass is 35.5. The van der Waals surface area contributed by atoms with E-state index in [1.807, 2.05) is 0 Å². The predicted molar refractivity (Wildman–Crippen MR) is 89.9 cm³/mol. The zero-order chi connectivity index (χ0) is 16.6. The van der Waals surface area contributed by atoms with Crippen LogP contribution in [0.1, 0.15) is 4.88 Å². The molecule has 6 nitrogen and oxygen atoms in total. The van der Waals surface area contributed by atoms with Gasteiger partial charge in [0.1, 0.15) is 10.6 Å². The second-order valence-electron chi connectivity index (χ2n) is 4.72. The molecule has 0 spiro atoms. The lowest BCUT2D eigenvalue weighted by molar-refractivity contribution is 0.469. The van der Waals surface area contributed by atoms with Crippen molar-refractivity contribution in [3.05, 3.63) is 45.9 Å². The number of nitrogens with one attached hydrogen (secondary N) is 1. The van der Waals surface area contributed by atoms with Crippen LogP contribution in [0.3, 0.4) is 0 Å². The molecule has 9 heteroatoms. The lowest BCUT2D eigenvalue weighted by Crippen LogP contribution is -2.03. The molecule has 0 saturated carbocycles. The van der Waals surface area contributed by atoms with Crippen molar-refractivity contribution in [2.45, 2.75) is 11.4 Å². The number of aromatic nitrogens is 1. The molecule has 0 atom stereocenters. The Bertz CT molecular complexity index is 986. The topological polar surface area (TPSA) is 99.5 Å². The van der Waals surface area contributed by atoms with Crippen molar-refractivity contribution in [2.24, 2.45) is 0 Å². The van der Waals surface area contributed by atoms with Gasteiger partial charge in [-0.05, 0) is 0 Å².